The van der Waals surface area contributed by atoms with Crippen LogP contribution in [0.3, 0.4) is 0 Å². The zero-order valence-electron chi connectivity index (χ0n) is 11.9. The first-order chi connectivity index (χ1) is 9.22. The summed E-state index contributed by atoms with van der Waals surface area (Å²) in [5.41, 5.74) is 0. The summed E-state index contributed by atoms with van der Waals surface area (Å²) in [7, 11) is 2.10. The third-order valence-corrected chi connectivity index (χ3v) is 5.69. The largest absolute Gasteiger partial charge is 0.316 e. The van der Waals surface area contributed by atoms with Gasteiger partial charge in [-0.15, -0.1) is 11.8 Å². The Morgan fingerprint density at radius 3 is 2.63 bits per heavy atom. The number of halogens is 1. The molecule has 0 spiro atoms. The standard InChI is InChI=1S/C16H24ClNS/c1-3-4-12-5-10-15(18-2)16(11-12)19-14-8-6-13(17)7-9-14/h6-9,12,15-16,18H,3-5,10-11H2,1-2H3. The van der Waals surface area contributed by atoms with Gasteiger partial charge in [-0.2, -0.15) is 0 Å². The highest BCUT2D eigenvalue weighted by molar-refractivity contribution is 8.00. The highest BCUT2D eigenvalue weighted by Gasteiger charge is 2.29. The Morgan fingerprint density at radius 1 is 1.26 bits per heavy atom. The third kappa shape index (κ3) is 4.40. The van der Waals surface area contributed by atoms with Gasteiger partial charge in [-0.05, 0) is 56.5 Å². The molecule has 106 valence electrons. The first-order valence-corrected chi connectivity index (χ1v) is 8.58. The van der Waals surface area contributed by atoms with E-state index in [2.05, 4.69) is 31.4 Å². The molecule has 0 aliphatic heterocycles. The molecular weight excluding hydrogens is 274 g/mol. The Bertz CT molecular complexity index is 379. The Balaban J connectivity index is 1.99. The third-order valence-electron chi connectivity index (χ3n) is 4.07. The molecule has 1 aromatic rings. The van der Waals surface area contributed by atoms with E-state index in [1.807, 2.05) is 23.9 Å². The zero-order chi connectivity index (χ0) is 13.7. The van der Waals surface area contributed by atoms with Crippen LogP contribution >= 0.6 is 23.4 Å². The molecule has 3 heteroatoms. The van der Waals surface area contributed by atoms with Crippen molar-refractivity contribution >= 4 is 23.4 Å². The Kier molecular flexibility index (Phi) is 6.06. The van der Waals surface area contributed by atoms with E-state index >= 15 is 0 Å². The predicted octanol–water partition coefficient (Wildman–Crippen LogP) is 4.99. The monoisotopic (exact) mass is 297 g/mol. The average Bonchev–Trinajstić information content (AvgIpc) is 2.42. The molecule has 1 aliphatic rings. The molecule has 0 heterocycles. The Labute approximate surface area is 126 Å². The van der Waals surface area contributed by atoms with E-state index in [0.29, 0.717) is 11.3 Å². The topological polar surface area (TPSA) is 12.0 Å². The van der Waals surface area contributed by atoms with E-state index in [9.17, 15) is 0 Å². The van der Waals surface area contributed by atoms with E-state index in [1.165, 1.54) is 37.0 Å². The van der Waals surface area contributed by atoms with E-state index in [1.54, 1.807) is 0 Å². The molecule has 1 nitrogen and oxygen atoms in total. The van der Waals surface area contributed by atoms with Gasteiger partial charge in [-0.1, -0.05) is 31.4 Å². The normalized spacial score (nSPS) is 27.4. The van der Waals surface area contributed by atoms with Crippen LogP contribution in [-0.4, -0.2) is 18.3 Å². The van der Waals surface area contributed by atoms with Gasteiger partial charge in [-0.3, -0.25) is 0 Å². The van der Waals surface area contributed by atoms with Crippen molar-refractivity contribution in [2.45, 2.75) is 55.2 Å². The molecule has 0 aromatic heterocycles. The van der Waals surface area contributed by atoms with Crippen molar-refractivity contribution < 1.29 is 0 Å². The fourth-order valence-corrected chi connectivity index (χ4v) is 4.60. The molecule has 1 aromatic carbocycles. The van der Waals surface area contributed by atoms with Crippen LogP contribution in [0, 0.1) is 5.92 Å². The summed E-state index contributed by atoms with van der Waals surface area (Å²) in [6.45, 7) is 2.30. The summed E-state index contributed by atoms with van der Waals surface area (Å²) in [4.78, 5) is 1.34. The molecule has 0 amide bonds. The van der Waals surface area contributed by atoms with Crippen LogP contribution in [0.15, 0.2) is 29.2 Å². The predicted molar refractivity (Wildman–Crippen MR) is 86.2 cm³/mol. The second kappa shape index (κ2) is 7.56. The van der Waals surface area contributed by atoms with Gasteiger partial charge in [0, 0.05) is 21.2 Å². The lowest BCUT2D eigenvalue weighted by atomic mass is 9.83. The molecule has 1 fully saturated rings. The summed E-state index contributed by atoms with van der Waals surface area (Å²) < 4.78 is 0. The summed E-state index contributed by atoms with van der Waals surface area (Å²) in [5.74, 6) is 0.916. The number of benzene rings is 1. The van der Waals surface area contributed by atoms with Crippen molar-refractivity contribution in [1.82, 2.24) is 5.32 Å². The molecular formula is C16H24ClNS. The van der Waals surface area contributed by atoms with Gasteiger partial charge in [0.25, 0.3) is 0 Å². The second-order valence-electron chi connectivity index (χ2n) is 5.47. The van der Waals surface area contributed by atoms with Crippen molar-refractivity contribution in [3.8, 4) is 0 Å². The van der Waals surface area contributed by atoms with Crippen molar-refractivity contribution in [3.05, 3.63) is 29.3 Å². The number of hydrogen-bond donors (Lipinski definition) is 1. The van der Waals surface area contributed by atoms with Crippen LogP contribution in [0.1, 0.15) is 39.0 Å². The number of hydrogen-bond acceptors (Lipinski definition) is 2. The fraction of sp³-hybridized carbons (Fsp3) is 0.625. The molecule has 19 heavy (non-hydrogen) atoms. The van der Waals surface area contributed by atoms with Crippen LogP contribution in [0.5, 0.6) is 0 Å². The van der Waals surface area contributed by atoms with Crippen molar-refractivity contribution in [2.75, 3.05) is 7.05 Å². The molecule has 2 rings (SSSR count). The lowest BCUT2D eigenvalue weighted by Crippen LogP contribution is -2.40. The fourth-order valence-electron chi connectivity index (χ4n) is 3.03. The minimum atomic E-state index is 0.647. The minimum Gasteiger partial charge on any atom is -0.316 e. The van der Waals surface area contributed by atoms with E-state index in [0.717, 1.165) is 10.9 Å². The van der Waals surface area contributed by atoms with Gasteiger partial charge in [0.05, 0.1) is 0 Å². The minimum absolute atomic E-state index is 0.647. The van der Waals surface area contributed by atoms with Gasteiger partial charge in [0.1, 0.15) is 0 Å². The van der Waals surface area contributed by atoms with E-state index < -0.39 is 0 Å². The average molecular weight is 298 g/mol. The molecule has 0 radical (unpaired) electrons. The van der Waals surface area contributed by atoms with Crippen LogP contribution in [0.2, 0.25) is 5.02 Å². The maximum Gasteiger partial charge on any atom is 0.0406 e. The molecule has 0 bridgehead atoms. The van der Waals surface area contributed by atoms with E-state index in [4.69, 9.17) is 11.6 Å². The Morgan fingerprint density at radius 2 is 2.00 bits per heavy atom. The molecule has 1 aliphatic carbocycles. The SMILES string of the molecule is CCCC1CCC(NC)C(Sc2ccc(Cl)cc2)C1. The van der Waals surface area contributed by atoms with Crippen LogP contribution in [0.25, 0.3) is 0 Å². The van der Waals surface area contributed by atoms with Gasteiger partial charge in [-0.25, -0.2) is 0 Å². The quantitative estimate of drug-likeness (QED) is 0.822. The maximum atomic E-state index is 5.95. The summed E-state index contributed by atoms with van der Waals surface area (Å²) in [5, 5.41) is 5.01. The van der Waals surface area contributed by atoms with Crippen LogP contribution in [0.4, 0.5) is 0 Å². The van der Waals surface area contributed by atoms with Gasteiger partial charge >= 0.3 is 0 Å². The number of rotatable bonds is 5. The molecule has 3 atom stereocenters. The van der Waals surface area contributed by atoms with Gasteiger partial charge < -0.3 is 5.32 Å². The first-order valence-electron chi connectivity index (χ1n) is 7.32. The van der Waals surface area contributed by atoms with Crippen LogP contribution < -0.4 is 5.32 Å². The van der Waals surface area contributed by atoms with Crippen molar-refractivity contribution in [1.29, 1.82) is 0 Å². The zero-order valence-corrected chi connectivity index (χ0v) is 13.4. The van der Waals surface area contributed by atoms with Crippen molar-refractivity contribution in [2.24, 2.45) is 5.92 Å². The lowest BCUT2D eigenvalue weighted by molar-refractivity contribution is 0.295. The smallest absolute Gasteiger partial charge is 0.0406 e. The lowest BCUT2D eigenvalue weighted by Gasteiger charge is -2.35. The second-order valence-corrected chi connectivity index (χ2v) is 7.22. The first kappa shape index (κ1) is 15.2. The molecule has 0 saturated heterocycles. The summed E-state index contributed by atoms with van der Waals surface area (Å²) >= 11 is 7.97. The van der Waals surface area contributed by atoms with Gasteiger partial charge in [0.15, 0.2) is 0 Å². The summed E-state index contributed by atoms with van der Waals surface area (Å²) in [6, 6.07) is 8.91. The van der Waals surface area contributed by atoms with Crippen LogP contribution in [-0.2, 0) is 0 Å². The van der Waals surface area contributed by atoms with Gasteiger partial charge in [0.2, 0.25) is 0 Å². The number of nitrogens with one attached hydrogen (secondary N) is 1. The highest BCUT2D eigenvalue weighted by Crippen LogP contribution is 2.38. The highest BCUT2D eigenvalue weighted by atomic mass is 35.5. The number of thioether (sulfide) groups is 1. The molecule has 3 unspecified atom stereocenters. The molecule has 1 N–H and O–H groups in total. The van der Waals surface area contributed by atoms with E-state index in [-0.39, 0.29) is 0 Å². The maximum absolute atomic E-state index is 5.95. The summed E-state index contributed by atoms with van der Waals surface area (Å²) in [6.07, 6.45) is 6.73. The van der Waals surface area contributed by atoms with Crippen molar-refractivity contribution in [3.63, 3.8) is 0 Å². The Hall–Kier alpha value is -0.180. The molecule has 1 saturated carbocycles.